The number of aromatic nitrogens is 2. The average molecular weight is 292 g/mol. The maximum Gasteiger partial charge on any atom is 0.127 e. The summed E-state index contributed by atoms with van der Waals surface area (Å²) in [5.41, 5.74) is 3.38. The SMILES string of the molecule is CCNCc1cn(Cc2cc(Cl)cc3c2OCC3)cn1. The molecule has 0 amide bonds. The number of ether oxygens (including phenoxy) is 1. The summed E-state index contributed by atoms with van der Waals surface area (Å²) in [6.45, 7) is 5.32. The van der Waals surface area contributed by atoms with Gasteiger partial charge in [-0.15, -0.1) is 0 Å². The molecule has 1 aromatic heterocycles. The second-order valence-electron chi connectivity index (χ2n) is 4.97. The van der Waals surface area contributed by atoms with Crippen molar-refractivity contribution in [2.24, 2.45) is 0 Å². The minimum Gasteiger partial charge on any atom is -0.493 e. The zero-order valence-corrected chi connectivity index (χ0v) is 12.3. The molecule has 0 spiro atoms. The van der Waals surface area contributed by atoms with Gasteiger partial charge in [-0.3, -0.25) is 0 Å². The molecule has 0 aliphatic carbocycles. The van der Waals surface area contributed by atoms with E-state index >= 15 is 0 Å². The highest BCUT2D eigenvalue weighted by Crippen LogP contribution is 2.33. The Hall–Kier alpha value is -1.52. The normalized spacial score (nSPS) is 13.3. The molecular formula is C15H18ClN3O. The van der Waals surface area contributed by atoms with Crippen LogP contribution in [-0.2, 0) is 19.5 Å². The fourth-order valence-corrected chi connectivity index (χ4v) is 2.76. The van der Waals surface area contributed by atoms with E-state index in [1.165, 1.54) is 5.56 Å². The highest BCUT2D eigenvalue weighted by Gasteiger charge is 2.17. The van der Waals surface area contributed by atoms with Crippen molar-refractivity contribution in [1.29, 1.82) is 0 Å². The monoisotopic (exact) mass is 291 g/mol. The number of halogens is 1. The summed E-state index contributed by atoms with van der Waals surface area (Å²) in [5.74, 6) is 0.997. The minimum absolute atomic E-state index is 0.738. The molecule has 0 fully saturated rings. The fraction of sp³-hybridized carbons (Fsp3) is 0.400. The smallest absolute Gasteiger partial charge is 0.127 e. The Bertz CT molecular complexity index is 609. The van der Waals surface area contributed by atoms with Crippen molar-refractivity contribution in [3.63, 3.8) is 0 Å². The molecule has 0 saturated heterocycles. The standard InChI is InChI=1S/C15H18ClN3O/c1-2-17-7-14-9-19(10-18-14)8-12-6-13(16)5-11-3-4-20-15(11)12/h5-6,9-10,17H,2-4,7-8H2,1H3. The van der Waals surface area contributed by atoms with Crippen LogP contribution in [0.5, 0.6) is 5.75 Å². The second-order valence-corrected chi connectivity index (χ2v) is 5.41. The number of nitrogens with zero attached hydrogens (tertiary/aromatic N) is 2. The van der Waals surface area contributed by atoms with Gasteiger partial charge in [0.15, 0.2) is 0 Å². The fourth-order valence-electron chi connectivity index (χ4n) is 2.50. The molecule has 0 radical (unpaired) electrons. The van der Waals surface area contributed by atoms with Gasteiger partial charge in [0.1, 0.15) is 5.75 Å². The van der Waals surface area contributed by atoms with Crippen LogP contribution in [-0.4, -0.2) is 22.7 Å². The van der Waals surface area contributed by atoms with E-state index in [2.05, 4.69) is 28.0 Å². The average Bonchev–Trinajstić information content (AvgIpc) is 3.05. The van der Waals surface area contributed by atoms with Gasteiger partial charge in [-0.25, -0.2) is 4.98 Å². The van der Waals surface area contributed by atoms with Crippen LogP contribution in [0.15, 0.2) is 24.7 Å². The van der Waals surface area contributed by atoms with Gasteiger partial charge in [-0.05, 0) is 24.2 Å². The zero-order chi connectivity index (χ0) is 13.9. The first-order valence-electron chi connectivity index (χ1n) is 6.91. The Morgan fingerprint density at radius 1 is 1.45 bits per heavy atom. The summed E-state index contributed by atoms with van der Waals surface area (Å²) in [4.78, 5) is 4.39. The van der Waals surface area contributed by atoms with Crippen LogP contribution in [0.3, 0.4) is 0 Å². The summed E-state index contributed by atoms with van der Waals surface area (Å²) in [7, 11) is 0. The Balaban J connectivity index is 1.79. The van der Waals surface area contributed by atoms with E-state index < -0.39 is 0 Å². The Morgan fingerprint density at radius 2 is 2.35 bits per heavy atom. The Morgan fingerprint density at radius 3 is 3.20 bits per heavy atom. The summed E-state index contributed by atoms with van der Waals surface area (Å²) in [5, 5.41) is 4.05. The van der Waals surface area contributed by atoms with Gasteiger partial charge in [0.2, 0.25) is 0 Å². The zero-order valence-electron chi connectivity index (χ0n) is 11.5. The van der Waals surface area contributed by atoms with Crippen LogP contribution < -0.4 is 10.1 Å². The van der Waals surface area contributed by atoms with Crippen molar-refractivity contribution >= 4 is 11.6 Å². The quantitative estimate of drug-likeness (QED) is 0.920. The molecule has 1 aliphatic heterocycles. The third-order valence-corrected chi connectivity index (χ3v) is 3.64. The van der Waals surface area contributed by atoms with Gasteiger partial charge in [0, 0.05) is 29.7 Å². The lowest BCUT2D eigenvalue weighted by molar-refractivity contribution is 0.352. The first-order chi connectivity index (χ1) is 9.76. The van der Waals surface area contributed by atoms with Crippen LogP contribution >= 0.6 is 11.6 Å². The van der Waals surface area contributed by atoms with E-state index in [0.29, 0.717) is 0 Å². The first-order valence-corrected chi connectivity index (χ1v) is 7.29. The topological polar surface area (TPSA) is 39.1 Å². The van der Waals surface area contributed by atoms with Gasteiger partial charge in [0.25, 0.3) is 0 Å². The largest absolute Gasteiger partial charge is 0.493 e. The van der Waals surface area contributed by atoms with E-state index in [1.54, 1.807) is 0 Å². The van der Waals surface area contributed by atoms with E-state index in [0.717, 1.165) is 54.7 Å². The van der Waals surface area contributed by atoms with E-state index in [-0.39, 0.29) is 0 Å². The van der Waals surface area contributed by atoms with Crippen molar-refractivity contribution in [3.8, 4) is 5.75 Å². The maximum absolute atomic E-state index is 6.18. The molecule has 4 nitrogen and oxygen atoms in total. The minimum atomic E-state index is 0.738. The third-order valence-electron chi connectivity index (χ3n) is 3.42. The van der Waals surface area contributed by atoms with Gasteiger partial charge in [-0.1, -0.05) is 18.5 Å². The van der Waals surface area contributed by atoms with Crippen LogP contribution in [0.4, 0.5) is 0 Å². The summed E-state index contributed by atoms with van der Waals surface area (Å²) >= 11 is 6.18. The molecule has 0 atom stereocenters. The molecule has 3 rings (SSSR count). The Kier molecular flexibility index (Phi) is 3.94. The van der Waals surface area contributed by atoms with Crippen molar-refractivity contribution in [1.82, 2.24) is 14.9 Å². The second kappa shape index (κ2) is 5.85. The van der Waals surface area contributed by atoms with Crippen LogP contribution in [0.1, 0.15) is 23.7 Å². The number of imidazole rings is 1. The molecule has 2 aromatic rings. The number of hydrogen-bond acceptors (Lipinski definition) is 3. The molecule has 0 bridgehead atoms. The van der Waals surface area contributed by atoms with Crippen LogP contribution in [0.2, 0.25) is 5.02 Å². The molecule has 1 aliphatic rings. The van der Waals surface area contributed by atoms with Crippen molar-refractivity contribution in [3.05, 3.63) is 46.5 Å². The molecule has 0 saturated carbocycles. The number of rotatable bonds is 5. The predicted molar refractivity (Wildman–Crippen MR) is 79.4 cm³/mol. The maximum atomic E-state index is 6.18. The first kappa shape index (κ1) is 13.5. The van der Waals surface area contributed by atoms with E-state index in [1.807, 2.05) is 18.5 Å². The highest BCUT2D eigenvalue weighted by molar-refractivity contribution is 6.30. The molecule has 2 heterocycles. The van der Waals surface area contributed by atoms with Crippen molar-refractivity contribution in [2.75, 3.05) is 13.2 Å². The summed E-state index contributed by atoms with van der Waals surface area (Å²) < 4.78 is 7.79. The van der Waals surface area contributed by atoms with Gasteiger partial charge >= 0.3 is 0 Å². The highest BCUT2D eigenvalue weighted by atomic mass is 35.5. The predicted octanol–water partition coefficient (Wildman–Crippen LogP) is 2.63. The van der Waals surface area contributed by atoms with Gasteiger partial charge < -0.3 is 14.6 Å². The van der Waals surface area contributed by atoms with E-state index in [9.17, 15) is 0 Å². The van der Waals surface area contributed by atoms with Gasteiger partial charge in [0.05, 0.1) is 25.2 Å². The lowest BCUT2D eigenvalue weighted by Gasteiger charge is -2.09. The van der Waals surface area contributed by atoms with Gasteiger partial charge in [-0.2, -0.15) is 0 Å². The molecule has 1 N–H and O–H groups in total. The third kappa shape index (κ3) is 2.81. The Labute approximate surface area is 123 Å². The van der Waals surface area contributed by atoms with Crippen molar-refractivity contribution in [2.45, 2.75) is 26.4 Å². The molecular weight excluding hydrogens is 274 g/mol. The number of fused-ring (bicyclic) bond motifs is 1. The van der Waals surface area contributed by atoms with Crippen molar-refractivity contribution < 1.29 is 4.74 Å². The molecule has 1 aromatic carbocycles. The van der Waals surface area contributed by atoms with Crippen LogP contribution in [0, 0.1) is 0 Å². The van der Waals surface area contributed by atoms with E-state index in [4.69, 9.17) is 16.3 Å². The number of hydrogen-bond donors (Lipinski definition) is 1. The summed E-state index contributed by atoms with van der Waals surface area (Å²) in [6, 6.07) is 3.98. The summed E-state index contributed by atoms with van der Waals surface area (Å²) in [6.07, 6.45) is 4.86. The molecule has 20 heavy (non-hydrogen) atoms. The lowest BCUT2D eigenvalue weighted by atomic mass is 10.1. The molecule has 0 unspecified atom stereocenters. The van der Waals surface area contributed by atoms with Crippen LogP contribution in [0.25, 0.3) is 0 Å². The lowest BCUT2D eigenvalue weighted by Crippen LogP contribution is -2.11. The number of benzene rings is 1. The molecule has 106 valence electrons. The molecule has 5 heteroatoms. The number of nitrogens with one attached hydrogen (secondary N) is 1.